The van der Waals surface area contributed by atoms with Gasteiger partial charge < -0.3 is 5.11 Å². The maximum Gasteiger partial charge on any atom is 0.336 e. The summed E-state index contributed by atoms with van der Waals surface area (Å²) in [7, 11) is 0. The van der Waals surface area contributed by atoms with Crippen LogP contribution in [-0.4, -0.2) is 23.2 Å². The molecule has 2 aromatic rings. The van der Waals surface area contributed by atoms with Crippen LogP contribution in [0.25, 0.3) is 0 Å². The minimum Gasteiger partial charge on any atom is -0.478 e. The van der Waals surface area contributed by atoms with Crippen LogP contribution >= 0.6 is 11.3 Å². The molecule has 124 valence electrons. The number of hydrogen-bond acceptors (Lipinski definition) is 4. The van der Waals surface area contributed by atoms with Gasteiger partial charge in [0, 0.05) is 10.4 Å². The second-order valence-electron chi connectivity index (χ2n) is 6.00. The number of fused-ring (bicyclic) bond motifs is 1. The van der Waals surface area contributed by atoms with Gasteiger partial charge in [0.05, 0.1) is 16.7 Å². The number of nitrogens with one attached hydrogen (secondary N) is 1. The Bertz CT molecular complexity index is 810. The van der Waals surface area contributed by atoms with E-state index in [1.807, 2.05) is 6.07 Å². The first kappa shape index (κ1) is 16.4. The Balaban J connectivity index is 1.69. The van der Waals surface area contributed by atoms with E-state index >= 15 is 0 Å². The van der Waals surface area contributed by atoms with Crippen LogP contribution in [0.2, 0.25) is 0 Å². The van der Waals surface area contributed by atoms with Gasteiger partial charge in [-0.05, 0) is 42.9 Å². The Morgan fingerprint density at radius 2 is 2.17 bits per heavy atom. The highest BCUT2D eigenvalue weighted by molar-refractivity contribution is 7.14. The van der Waals surface area contributed by atoms with Crippen LogP contribution in [0.3, 0.4) is 0 Å². The molecule has 1 aliphatic carbocycles. The molecule has 5 nitrogen and oxygen atoms in total. The second kappa shape index (κ2) is 6.97. The molecule has 2 N–H and O–H groups in total. The van der Waals surface area contributed by atoms with Crippen molar-refractivity contribution in [1.82, 2.24) is 5.43 Å². The average molecular weight is 342 g/mol. The molecule has 1 heterocycles. The molecule has 6 heteroatoms. The molecule has 0 aliphatic heterocycles. The number of amides is 1. The SMILES string of the molecule is C[C@H]1CCc2sc(C(=O)NN=Cc3ccccc3C(=O)O)cc2C1. The van der Waals surface area contributed by atoms with Crippen LogP contribution in [0.4, 0.5) is 0 Å². The highest BCUT2D eigenvalue weighted by atomic mass is 32.1. The number of thiophene rings is 1. The summed E-state index contributed by atoms with van der Waals surface area (Å²) < 4.78 is 0. The zero-order valence-corrected chi connectivity index (χ0v) is 14.1. The third-order valence-electron chi connectivity index (χ3n) is 4.11. The molecular weight excluding hydrogens is 324 g/mol. The van der Waals surface area contributed by atoms with E-state index in [1.165, 1.54) is 40.5 Å². The number of hydrogen-bond donors (Lipinski definition) is 2. The van der Waals surface area contributed by atoms with Crippen LogP contribution in [0.15, 0.2) is 35.4 Å². The third-order valence-corrected chi connectivity index (χ3v) is 5.35. The Labute approximate surface area is 144 Å². The fraction of sp³-hybridized carbons (Fsp3) is 0.278. The van der Waals surface area contributed by atoms with Gasteiger partial charge in [0.1, 0.15) is 0 Å². The number of hydrazone groups is 1. The molecule has 1 atom stereocenters. The Hall–Kier alpha value is -2.47. The van der Waals surface area contributed by atoms with Crippen molar-refractivity contribution in [3.63, 3.8) is 0 Å². The van der Waals surface area contributed by atoms with Gasteiger partial charge in [0.2, 0.25) is 0 Å². The average Bonchev–Trinajstić information content (AvgIpc) is 2.98. The van der Waals surface area contributed by atoms with Crippen molar-refractivity contribution in [2.24, 2.45) is 11.0 Å². The zero-order chi connectivity index (χ0) is 17.1. The normalized spacial score (nSPS) is 16.8. The minimum absolute atomic E-state index is 0.149. The molecule has 3 rings (SSSR count). The summed E-state index contributed by atoms with van der Waals surface area (Å²) in [5.41, 5.74) is 4.35. The summed E-state index contributed by atoms with van der Waals surface area (Å²) in [6.07, 6.45) is 4.58. The molecule has 1 amide bonds. The van der Waals surface area contributed by atoms with Crippen molar-refractivity contribution in [2.45, 2.75) is 26.2 Å². The molecule has 0 unspecified atom stereocenters. The number of benzene rings is 1. The van der Waals surface area contributed by atoms with Crippen molar-refractivity contribution in [1.29, 1.82) is 0 Å². The Morgan fingerprint density at radius 3 is 2.96 bits per heavy atom. The Morgan fingerprint density at radius 1 is 1.38 bits per heavy atom. The fourth-order valence-corrected chi connectivity index (χ4v) is 3.94. The maximum absolute atomic E-state index is 12.2. The van der Waals surface area contributed by atoms with Crippen LogP contribution in [0, 0.1) is 5.92 Å². The highest BCUT2D eigenvalue weighted by Crippen LogP contribution is 2.32. The summed E-state index contributed by atoms with van der Waals surface area (Å²) in [4.78, 5) is 25.3. The van der Waals surface area contributed by atoms with Gasteiger partial charge in [-0.2, -0.15) is 5.10 Å². The van der Waals surface area contributed by atoms with Crippen molar-refractivity contribution in [2.75, 3.05) is 0 Å². The van der Waals surface area contributed by atoms with Crippen molar-refractivity contribution >= 4 is 29.4 Å². The lowest BCUT2D eigenvalue weighted by molar-refractivity contribution is 0.0696. The number of rotatable bonds is 4. The monoisotopic (exact) mass is 342 g/mol. The van der Waals surface area contributed by atoms with E-state index in [0.29, 0.717) is 16.4 Å². The lowest BCUT2D eigenvalue weighted by Gasteiger charge is -2.16. The van der Waals surface area contributed by atoms with Gasteiger partial charge in [-0.1, -0.05) is 25.1 Å². The first-order valence-electron chi connectivity index (χ1n) is 7.82. The number of carboxylic acid groups (broad SMARTS) is 1. The molecule has 0 spiro atoms. The lowest BCUT2D eigenvalue weighted by atomic mass is 9.90. The molecule has 0 radical (unpaired) electrons. The van der Waals surface area contributed by atoms with E-state index < -0.39 is 5.97 Å². The largest absolute Gasteiger partial charge is 0.478 e. The van der Waals surface area contributed by atoms with E-state index in [-0.39, 0.29) is 11.5 Å². The van der Waals surface area contributed by atoms with Crippen molar-refractivity contribution in [3.8, 4) is 0 Å². The molecule has 24 heavy (non-hydrogen) atoms. The number of carboxylic acids is 1. The van der Waals surface area contributed by atoms with Crippen LogP contribution < -0.4 is 5.43 Å². The second-order valence-corrected chi connectivity index (χ2v) is 7.14. The van der Waals surface area contributed by atoms with Crippen molar-refractivity contribution in [3.05, 3.63) is 56.8 Å². The fourth-order valence-electron chi connectivity index (χ4n) is 2.84. The number of carbonyl (C=O) groups is 2. The number of aryl methyl sites for hydroxylation is 1. The van der Waals surface area contributed by atoms with Gasteiger partial charge in [0.15, 0.2) is 0 Å². The molecule has 0 saturated heterocycles. The van der Waals surface area contributed by atoms with Crippen molar-refractivity contribution < 1.29 is 14.7 Å². The summed E-state index contributed by atoms with van der Waals surface area (Å²) in [5.74, 6) is -0.622. The van der Waals surface area contributed by atoms with Crippen LogP contribution in [0.1, 0.15) is 49.4 Å². The third kappa shape index (κ3) is 3.54. The number of nitrogens with zero attached hydrogens (tertiary/aromatic N) is 1. The standard InChI is InChI=1S/C18H18N2O3S/c1-11-6-7-15-13(8-11)9-16(24-15)17(21)20-19-10-12-4-2-3-5-14(12)18(22)23/h2-5,9-11H,6-8H2,1H3,(H,20,21)(H,22,23)/t11-/m0/s1. The molecular formula is C18H18N2O3S. The first-order chi connectivity index (χ1) is 11.5. The van der Waals surface area contributed by atoms with Gasteiger partial charge in [0.25, 0.3) is 5.91 Å². The predicted molar refractivity (Wildman–Crippen MR) is 94.0 cm³/mol. The zero-order valence-electron chi connectivity index (χ0n) is 13.3. The number of aromatic carboxylic acids is 1. The highest BCUT2D eigenvalue weighted by Gasteiger charge is 2.20. The molecule has 0 fully saturated rings. The summed E-state index contributed by atoms with van der Waals surface area (Å²) in [5, 5.41) is 13.0. The molecule has 0 saturated carbocycles. The molecule has 0 bridgehead atoms. The summed E-state index contributed by atoms with van der Waals surface area (Å²) in [6.45, 7) is 2.23. The van der Waals surface area contributed by atoms with Crippen LogP contribution in [-0.2, 0) is 12.8 Å². The van der Waals surface area contributed by atoms with E-state index in [9.17, 15) is 9.59 Å². The smallest absolute Gasteiger partial charge is 0.336 e. The first-order valence-corrected chi connectivity index (χ1v) is 8.63. The van der Waals surface area contributed by atoms with Gasteiger partial charge in [-0.3, -0.25) is 4.79 Å². The Kier molecular flexibility index (Phi) is 4.76. The quantitative estimate of drug-likeness (QED) is 0.661. The van der Waals surface area contributed by atoms with E-state index in [4.69, 9.17) is 5.11 Å². The molecule has 1 aliphatic rings. The lowest BCUT2D eigenvalue weighted by Crippen LogP contribution is -2.16. The number of carbonyl (C=O) groups excluding carboxylic acids is 1. The minimum atomic E-state index is -1.02. The van der Waals surface area contributed by atoms with E-state index in [2.05, 4.69) is 17.5 Å². The van der Waals surface area contributed by atoms with E-state index in [1.54, 1.807) is 18.2 Å². The topological polar surface area (TPSA) is 78.8 Å². The molecule has 1 aromatic carbocycles. The van der Waals surface area contributed by atoms with Gasteiger partial charge in [-0.15, -0.1) is 11.3 Å². The predicted octanol–water partition coefficient (Wildman–Crippen LogP) is 3.34. The van der Waals surface area contributed by atoms with Crippen LogP contribution in [0.5, 0.6) is 0 Å². The summed E-state index contributed by atoms with van der Waals surface area (Å²) >= 11 is 1.52. The van der Waals surface area contributed by atoms with Gasteiger partial charge in [-0.25, -0.2) is 10.2 Å². The maximum atomic E-state index is 12.2. The van der Waals surface area contributed by atoms with Gasteiger partial charge >= 0.3 is 5.97 Å². The summed E-state index contributed by atoms with van der Waals surface area (Å²) in [6, 6.07) is 8.47. The molecule has 1 aromatic heterocycles. The van der Waals surface area contributed by atoms with E-state index in [0.717, 1.165) is 12.8 Å².